The smallest absolute Gasteiger partial charge is 0.303 e. The highest BCUT2D eigenvalue weighted by molar-refractivity contribution is 5.66. The van der Waals surface area contributed by atoms with Crippen molar-refractivity contribution in [3.63, 3.8) is 0 Å². The number of aliphatic hydroxyl groups excluding tert-OH is 3. The third kappa shape index (κ3) is 17.0. The average Bonchev–Trinajstić information content (AvgIpc) is 2.68. The lowest BCUT2D eigenvalue weighted by Gasteiger charge is -2.11. The second-order valence-electron chi connectivity index (χ2n) is 5.59. The van der Waals surface area contributed by atoms with Crippen LogP contribution in [0.15, 0.2) is 72.9 Å². The van der Waals surface area contributed by atoms with Crippen molar-refractivity contribution in [3.8, 4) is 0 Å². The van der Waals surface area contributed by atoms with Gasteiger partial charge in [0.05, 0.1) is 18.3 Å². The van der Waals surface area contributed by atoms with Crippen molar-refractivity contribution < 1.29 is 32.1 Å². The quantitative estimate of drug-likeness (QED) is 0.273. The average molecular weight is 382 g/mol. The summed E-state index contributed by atoms with van der Waals surface area (Å²) in [5.41, 5.74) is 0. The molecule has 0 aliphatic rings. The van der Waals surface area contributed by atoms with Gasteiger partial charge in [0.2, 0.25) is 0 Å². The molecule has 0 bridgehead atoms. The molecule has 0 radical (unpaired) electrons. The molecule has 4 N–H and O–H groups in total. The maximum absolute atomic E-state index is 10.4. The van der Waals surface area contributed by atoms with Crippen molar-refractivity contribution in [3.05, 3.63) is 72.9 Å². The molecule has 0 aromatic rings. The van der Waals surface area contributed by atoms with Gasteiger partial charge in [-0.25, -0.2) is 0 Å². The Morgan fingerprint density at radius 3 is 2.22 bits per heavy atom. The van der Waals surface area contributed by atoms with E-state index >= 15 is 0 Å². The molecule has 0 aliphatic heterocycles. The van der Waals surface area contributed by atoms with Gasteiger partial charge in [0, 0.05) is 13.3 Å². The van der Waals surface area contributed by atoms with E-state index in [1.807, 2.05) is 0 Å². The number of aliphatic hydroxyl groups is 3. The van der Waals surface area contributed by atoms with E-state index in [0.29, 0.717) is 6.42 Å². The van der Waals surface area contributed by atoms with Crippen LogP contribution in [0.5, 0.6) is 0 Å². The minimum Gasteiger partial charge on any atom is -0.481 e. The summed E-state index contributed by atoms with van der Waals surface area (Å²) in [7, 11) is 0. The fraction of sp³-hybridized carbons (Fsp3) is 0.409. The monoisotopic (exact) mass is 381 g/mol. The zero-order valence-corrected chi connectivity index (χ0v) is 15.2. The molecule has 0 spiro atoms. The van der Waals surface area contributed by atoms with E-state index in [1.165, 1.54) is 18.2 Å². The lowest BCUT2D eigenvalue weighted by Crippen LogP contribution is -2.22. The van der Waals surface area contributed by atoms with E-state index in [4.69, 9.17) is 12.0 Å². The van der Waals surface area contributed by atoms with Gasteiger partial charge in [-0.15, -0.1) is 0 Å². The molecule has 0 fully saturated rings. The molecule has 5 nitrogen and oxygen atoms in total. The topological polar surface area (TPSA) is 98.0 Å². The first-order chi connectivity index (χ1) is 14.9. The highest BCUT2D eigenvalue weighted by Gasteiger charge is 2.10. The van der Waals surface area contributed by atoms with Gasteiger partial charge in [0.1, 0.15) is 0 Å². The van der Waals surface area contributed by atoms with E-state index in [2.05, 4.69) is 0 Å². The molecule has 0 rings (SSSR count). The van der Waals surface area contributed by atoms with Gasteiger partial charge in [0.15, 0.2) is 0 Å². The van der Waals surface area contributed by atoms with Gasteiger partial charge in [-0.3, -0.25) is 4.79 Å². The Morgan fingerprint density at radius 2 is 1.56 bits per heavy atom. The summed E-state index contributed by atoms with van der Waals surface area (Å²) in [6.45, 7) is -2.76. The summed E-state index contributed by atoms with van der Waals surface area (Å²) in [5, 5.41) is 37.9. The Morgan fingerprint density at radius 1 is 0.926 bits per heavy atom. The molecule has 0 saturated carbocycles. The molecule has 27 heavy (non-hydrogen) atoms. The number of allylic oxidation sites excluding steroid dienone is 8. The molecule has 0 amide bonds. The van der Waals surface area contributed by atoms with Crippen LogP contribution in [0.4, 0.5) is 0 Å². The number of hydrogen-bond donors (Lipinski definition) is 4. The Hall–Kier alpha value is -2.21. The third-order valence-electron chi connectivity index (χ3n) is 3.24. The minimum atomic E-state index is -2.76. The van der Waals surface area contributed by atoms with Crippen LogP contribution in [-0.2, 0) is 4.79 Å². The van der Waals surface area contributed by atoms with Crippen LogP contribution in [0.2, 0.25) is 0 Å². The van der Waals surface area contributed by atoms with E-state index < -0.39 is 37.5 Å². The summed E-state index contributed by atoms with van der Waals surface area (Å²) >= 11 is 0. The summed E-state index contributed by atoms with van der Waals surface area (Å²) in [4.78, 5) is 10.4. The normalized spacial score (nSPS) is 20.3. The van der Waals surface area contributed by atoms with E-state index in [1.54, 1.807) is 48.6 Å². The van der Waals surface area contributed by atoms with Crippen LogP contribution in [0, 0.1) is 0 Å². The fourth-order valence-corrected chi connectivity index (χ4v) is 1.80. The van der Waals surface area contributed by atoms with Crippen LogP contribution < -0.4 is 0 Å². The van der Waals surface area contributed by atoms with Crippen LogP contribution in [0.1, 0.15) is 45.8 Å². The van der Waals surface area contributed by atoms with Crippen molar-refractivity contribution in [2.75, 3.05) is 0 Å². The zero-order valence-electron chi connectivity index (χ0n) is 20.2. The number of carboxylic acid groups (broad SMARTS) is 1. The Balaban J connectivity index is 4.27. The molecule has 0 heterocycles. The SMILES string of the molecule is [2H]C([2H])([2H])C([2H])([2H])/C=C\C[C@@H](O)/C=C/C=C\C=C\C=C\[C@@H](O)[C@@H](O)C/C=C\CCC(=O)O. The summed E-state index contributed by atoms with van der Waals surface area (Å²) < 4.78 is 36.1. The Kier molecular flexibility index (Phi) is 10.8. The minimum absolute atomic E-state index is 0.0178. The number of carboxylic acids is 1. The predicted molar refractivity (Wildman–Crippen MR) is 109 cm³/mol. The van der Waals surface area contributed by atoms with Crippen molar-refractivity contribution in [2.45, 2.75) is 57.2 Å². The third-order valence-corrected chi connectivity index (χ3v) is 3.24. The van der Waals surface area contributed by atoms with Crippen LogP contribution in [0.3, 0.4) is 0 Å². The Bertz CT molecular complexity index is 721. The second-order valence-corrected chi connectivity index (χ2v) is 5.59. The zero-order chi connectivity index (χ0) is 24.6. The van der Waals surface area contributed by atoms with Crippen LogP contribution in [0.25, 0.3) is 0 Å². The molecule has 150 valence electrons. The van der Waals surface area contributed by atoms with Crippen LogP contribution >= 0.6 is 0 Å². The van der Waals surface area contributed by atoms with Gasteiger partial charge in [-0.2, -0.15) is 0 Å². The molecule has 0 unspecified atom stereocenters. The maximum Gasteiger partial charge on any atom is 0.303 e. The van der Waals surface area contributed by atoms with Gasteiger partial charge >= 0.3 is 5.97 Å². The summed E-state index contributed by atoms with van der Waals surface area (Å²) in [6, 6.07) is 0. The molecule has 0 aliphatic carbocycles. The number of hydrogen-bond acceptors (Lipinski definition) is 4. The van der Waals surface area contributed by atoms with Crippen molar-refractivity contribution >= 4 is 5.97 Å². The first kappa shape index (κ1) is 16.9. The first-order valence-electron chi connectivity index (χ1n) is 11.1. The number of aliphatic carboxylic acids is 1. The van der Waals surface area contributed by atoms with Gasteiger partial charge in [-0.1, -0.05) is 79.8 Å². The molecule has 3 atom stereocenters. The number of carbonyl (C=O) groups is 1. The summed E-state index contributed by atoms with van der Waals surface area (Å²) in [5.74, 6) is -0.892. The fourth-order valence-electron chi connectivity index (χ4n) is 1.80. The molecular formula is C22H32O5. The van der Waals surface area contributed by atoms with E-state index in [0.717, 1.165) is 6.08 Å². The van der Waals surface area contributed by atoms with Gasteiger partial charge in [0.25, 0.3) is 0 Å². The standard InChI is InChI=1S/C22H32O5/c1-2-3-9-14-19(23)15-10-6-4-5-7-11-16-20(24)21(25)17-12-8-13-18-22(26)27/h3-12,15-16,19-21,23-25H,2,13-14,17-18H2,1H3,(H,26,27)/b6-4-,7-5+,9-3-,12-8-,15-10+,16-11+/t19-,20-,21+/m1/s1/i1D3,2D2. The lowest BCUT2D eigenvalue weighted by atomic mass is 10.1. The lowest BCUT2D eigenvalue weighted by molar-refractivity contribution is -0.136. The summed E-state index contributed by atoms with van der Waals surface area (Å²) in [6.07, 6.45) is 13.4. The van der Waals surface area contributed by atoms with Crippen molar-refractivity contribution in [2.24, 2.45) is 0 Å². The largest absolute Gasteiger partial charge is 0.481 e. The first-order valence-corrected chi connectivity index (χ1v) is 8.64. The van der Waals surface area contributed by atoms with Crippen LogP contribution in [-0.4, -0.2) is 44.7 Å². The van der Waals surface area contributed by atoms with Gasteiger partial charge in [-0.05, 0) is 25.6 Å². The van der Waals surface area contributed by atoms with Gasteiger partial charge < -0.3 is 20.4 Å². The molecule has 0 aromatic heterocycles. The van der Waals surface area contributed by atoms with Crippen molar-refractivity contribution in [1.29, 1.82) is 0 Å². The van der Waals surface area contributed by atoms with E-state index in [9.17, 15) is 20.1 Å². The number of rotatable bonds is 14. The molecule has 0 saturated heterocycles. The predicted octanol–water partition coefficient (Wildman–Crippen LogP) is 3.46. The second kappa shape index (κ2) is 17.2. The van der Waals surface area contributed by atoms with E-state index in [-0.39, 0.29) is 19.3 Å². The molecular weight excluding hydrogens is 344 g/mol. The van der Waals surface area contributed by atoms with Crippen molar-refractivity contribution in [1.82, 2.24) is 0 Å². The maximum atomic E-state index is 10.4. The highest BCUT2D eigenvalue weighted by Crippen LogP contribution is 2.03. The highest BCUT2D eigenvalue weighted by atomic mass is 16.4. The molecule has 0 aromatic carbocycles. The molecule has 5 heteroatoms. The Labute approximate surface area is 169 Å².